The maximum atomic E-state index is 13.7. The number of ketones is 2. The average molecular weight is 379 g/mol. The highest BCUT2D eigenvalue weighted by atomic mass is 16.2. The Kier molecular flexibility index (Phi) is 7.74. The average Bonchev–Trinajstić information content (AvgIpc) is 2.71. The van der Waals surface area contributed by atoms with Crippen LogP contribution in [0.4, 0.5) is 0 Å². The molecule has 2 rings (SSSR count). The van der Waals surface area contributed by atoms with Gasteiger partial charge in [-0.2, -0.15) is 0 Å². The molecule has 0 spiro atoms. The SMILES string of the molecule is CCc1cccc(CC)c1C(=O)C(C(=O)c1c(CC)cccc1CC)C(C)C. The van der Waals surface area contributed by atoms with Crippen molar-refractivity contribution in [1.29, 1.82) is 0 Å². The molecule has 0 saturated carbocycles. The fourth-order valence-electron chi connectivity index (χ4n) is 4.15. The van der Waals surface area contributed by atoms with Crippen molar-refractivity contribution >= 4 is 11.6 Å². The van der Waals surface area contributed by atoms with Gasteiger partial charge in [-0.15, -0.1) is 0 Å². The predicted octanol–water partition coefficient (Wildman–Crippen LogP) is 6.27. The molecule has 0 N–H and O–H groups in total. The van der Waals surface area contributed by atoms with Gasteiger partial charge in [-0.05, 0) is 53.9 Å². The number of carbonyl (C=O) groups excluding carboxylic acids is 2. The fraction of sp³-hybridized carbons (Fsp3) is 0.462. The number of hydrogen-bond donors (Lipinski definition) is 0. The number of aryl methyl sites for hydroxylation is 4. The summed E-state index contributed by atoms with van der Waals surface area (Å²) in [6.07, 6.45) is 3.17. The second-order valence-electron chi connectivity index (χ2n) is 7.77. The van der Waals surface area contributed by atoms with Crippen molar-refractivity contribution in [1.82, 2.24) is 0 Å². The summed E-state index contributed by atoms with van der Waals surface area (Å²) in [4.78, 5) is 27.5. The van der Waals surface area contributed by atoms with Crippen LogP contribution in [0.25, 0.3) is 0 Å². The molecule has 28 heavy (non-hydrogen) atoms. The largest absolute Gasteiger partial charge is 0.293 e. The van der Waals surface area contributed by atoms with Gasteiger partial charge in [0.1, 0.15) is 0 Å². The first-order chi connectivity index (χ1) is 13.4. The van der Waals surface area contributed by atoms with Gasteiger partial charge < -0.3 is 0 Å². The highest BCUT2D eigenvalue weighted by molar-refractivity contribution is 6.18. The maximum absolute atomic E-state index is 13.7. The third kappa shape index (κ3) is 4.27. The van der Waals surface area contributed by atoms with Crippen LogP contribution in [-0.4, -0.2) is 11.6 Å². The van der Waals surface area contributed by atoms with Gasteiger partial charge in [-0.1, -0.05) is 77.9 Å². The van der Waals surface area contributed by atoms with E-state index in [1.807, 2.05) is 50.2 Å². The summed E-state index contributed by atoms with van der Waals surface area (Å²) >= 11 is 0. The maximum Gasteiger partial charge on any atom is 0.174 e. The Hall–Kier alpha value is -2.22. The van der Waals surface area contributed by atoms with Gasteiger partial charge in [0.05, 0.1) is 5.92 Å². The Balaban J connectivity index is 2.63. The van der Waals surface area contributed by atoms with E-state index in [0.29, 0.717) is 0 Å². The minimum Gasteiger partial charge on any atom is -0.293 e. The summed E-state index contributed by atoms with van der Waals surface area (Å²) in [5.74, 6) is -0.718. The van der Waals surface area contributed by atoms with Gasteiger partial charge in [0, 0.05) is 11.1 Å². The first-order valence-electron chi connectivity index (χ1n) is 10.7. The number of carbonyl (C=O) groups is 2. The van der Waals surface area contributed by atoms with E-state index in [-0.39, 0.29) is 17.5 Å². The van der Waals surface area contributed by atoms with Crippen LogP contribution >= 0.6 is 0 Å². The first-order valence-corrected chi connectivity index (χ1v) is 10.7. The van der Waals surface area contributed by atoms with Gasteiger partial charge >= 0.3 is 0 Å². The highest BCUT2D eigenvalue weighted by Crippen LogP contribution is 2.29. The molecule has 0 aliphatic heterocycles. The minimum atomic E-state index is -0.643. The Morgan fingerprint density at radius 3 is 1.14 bits per heavy atom. The van der Waals surface area contributed by atoms with Crippen LogP contribution in [0.1, 0.15) is 84.5 Å². The monoisotopic (exact) mass is 378 g/mol. The number of hydrogen-bond acceptors (Lipinski definition) is 2. The molecule has 2 aromatic rings. The van der Waals surface area contributed by atoms with Gasteiger partial charge in [0.2, 0.25) is 0 Å². The molecule has 0 aliphatic carbocycles. The third-order valence-electron chi connectivity index (χ3n) is 5.72. The van der Waals surface area contributed by atoms with Crippen LogP contribution in [0.5, 0.6) is 0 Å². The molecule has 0 radical (unpaired) electrons. The van der Waals surface area contributed by atoms with E-state index in [1.165, 1.54) is 0 Å². The van der Waals surface area contributed by atoms with Gasteiger partial charge in [-0.25, -0.2) is 0 Å². The molecular formula is C26H34O2. The van der Waals surface area contributed by atoms with E-state index in [9.17, 15) is 9.59 Å². The van der Waals surface area contributed by atoms with Gasteiger partial charge in [-0.3, -0.25) is 9.59 Å². The number of benzene rings is 2. The van der Waals surface area contributed by atoms with E-state index >= 15 is 0 Å². The number of Topliss-reactive ketones (excluding diaryl/α,β-unsaturated/α-hetero) is 2. The quantitative estimate of drug-likeness (QED) is 0.380. The summed E-state index contributed by atoms with van der Waals surface area (Å²) in [7, 11) is 0. The van der Waals surface area contributed by atoms with Crippen molar-refractivity contribution in [3.63, 3.8) is 0 Å². The summed E-state index contributed by atoms with van der Waals surface area (Å²) in [5, 5.41) is 0. The standard InChI is InChI=1S/C26H34O2/c1-7-18-13-11-14-19(8-2)23(18)25(27)22(17(5)6)26(28)24-20(9-3)15-12-16-21(24)10-4/h11-17,22H,7-10H2,1-6H3. The lowest BCUT2D eigenvalue weighted by atomic mass is 9.77. The molecular weight excluding hydrogens is 344 g/mol. The second-order valence-corrected chi connectivity index (χ2v) is 7.77. The molecule has 0 saturated heterocycles. The minimum absolute atomic E-state index is 0.0118. The van der Waals surface area contributed by atoms with E-state index in [0.717, 1.165) is 59.1 Å². The Bertz CT molecular complexity index is 734. The molecule has 150 valence electrons. The molecule has 0 bridgehead atoms. The zero-order chi connectivity index (χ0) is 20.8. The molecule has 0 aliphatic rings. The van der Waals surface area contributed by atoms with Crippen molar-refractivity contribution in [2.45, 2.75) is 67.2 Å². The normalized spacial score (nSPS) is 11.3. The molecule has 0 aromatic heterocycles. The summed E-state index contributed by atoms with van der Waals surface area (Å²) in [6.45, 7) is 12.2. The zero-order valence-electron chi connectivity index (χ0n) is 18.3. The van der Waals surface area contributed by atoms with Crippen molar-refractivity contribution < 1.29 is 9.59 Å². The third-order valence-corrected chi connectivity index (χ3v) is 5.72. The van der Waals surface area contributed by atoms with Crippen molar-refractivity contribution in [2.24, 2.45) is 11.8 Å². The van der Waals surface area contributed by atoms with Crippen LogP contribution in [0.3, 0.4) is 0 Å². The molecule has 0 fully saturated rings. The summed E-state index contributed by atoms with van der Waals surface area (Å²) < 4.78 is 0. The molecule has 2 aromatic carbocycles. The van der Waals surface area contributed by atoms with Crippen LogP contribution < -0.4 is 0 Å². The van der Waals surface area contributed by atoms with Crippen molar-refractivity contribution in [2.75, 3.05) is 0 Å². The van der Waals surface area contributed by atoms with Crippen molar-refractivity contribution in [3.8, 4) is 0 Å². The van der Waals surface area contributed by atoms with E-state index < -0.39 is 5.92 Å². The van der Waals surface area contributed by atoms with Gasteiger partial charge in [0.15, 0.2) is 11.6 Å². The van der Waals surface area contributed by atoms with Crippen molar-refractivity contribution in [3.05, 3.63) is 69.8 Å². The lowest BCUT2D eigenvalue weighted by Gasteiger charge is -2.24. The molecule has 0 heterocycles. The van der Waals surface area contributed by atoms with Crippen LogP contribution in [0.2, 0.25) is 0 Å². The molecule has 2 heteroatoms. The van der Waals surface area contributed by atoms with Crippen LogP contribution in [-0.2, 0) is 25.7 Å². The molecule has 0 amide bonds. The van der Waals surface area contributed by atoms with E-state index in [2.05, 4.69) is 27.7 Å². The highest BCUT2D eigenvalue weighted by Gasteiger charge is 2.34. The molecule has 0 atom stereocenters. The van der Waals surface area contributed by atoms with E-state index in [4.69, 9.17) is 0 Å². The molecule has 0 unspecified atom stereocenters. The lowest BCUT2D eigenvalue weighted by molar-refractivity contribution is 0.0765. The Morgan fingerprint density at radius 1 is 0.643 bits per heavy atom. The summed E-state index contributed by atoms with van der Waals surface area (Å²) in [6, 6.07) is 12.1. The van der Waals surface area contributed by atoms with Crippen LogP contribution in [0.15, 0.2) is 36.4 Å². The zero-order valence-corrected chi connectivity index (χ0v) is 18.3. The van der Waals surface area contributed by atoms with E-state index in [1.54, 1.807) is 0 Å². The van der Waals surface area contributed by atoms with Crippen LogP contribution in [0, 0.1) is 11.8 Å². The predicted molar refractivity (Wildman–Crippen MR) is 117 cm³/mol. The Labute approximate surface area is 170 Å². The number of rotatable bonds is 9. The Morgan fingerprint density at radius 2 is 0.929 bits per heavy atom. The second kappa shape index (κ2) is 9.82. The first kappa shape index (κ1) is 22.1. The topological polar surface area (TPSA) is 34.1 Å². The fourth-order valence-corrected chi connectivity index (χ4v) is 4.15. The molecule has 2 nitrogen and oxygen atoms in total. The summed E-state index contributed by atoms with van der Waals surface area (Å²) in [5.41, 5.74) is 5.72. The lowest BCUT2D eigenvalue weighted by Crippen LogP contribution is -2.32. The smallest absolute Gasteiger partial charge is 0.174 e. The van der Waals surface area contributed by atoms with Gasteiger partial charge in [0.25, 0.3) is 0 Å².